The van der Waals surface area contributed by atoms with Crippen LogP contribution in [0.3, 0.4) is 0 Å². The third-order valence-corrected chi connectivity index (χ3v) is 8.57. The smallest absolute Gasteiger partial charge is 0.335 e. The molecule has 1 heterocycles. The van der Waals surface area contributed by atoms with E-state index in [1.165, 1.54) is 64.5 Å². The van der Waals surface area contributed by atoms with Gasteiger partial charge in [-0.15, -0.1) is 0 Å². The number of benzene rings is 1. The Morgan fingerprint density at radius 2 is 1.83 bits per heavy atom. The Kier molecular flexibility index (Phi) is 9.18. The lowest BCUT2D eigenvalue weighted by atomic mass is 9.52. The molecule has 4 rings (SSSR count). The summed E-state index contributed by atoms with van der Waals surface area (Å²) in [4.78, 5) is 22.4. The first-order valence-electron chi connectivity index (χ1n) is 12.9. The van der Waals surface area contributed by atoms with Crippen LogP contribution >= 0.6 is 0 Å². The minimum atomic E-state index is -2.27. The molecule has 3 aliphatic rings. The summed E-state index contributed by atoms with van der Waals surface area (Å²) in [7, 11) is 1.81. The molecule has 1 aromatic carbocycles. The topological polar surface area (TPSA) is 128 Å². The largest absolute Gasteiger partial charge is 0.497 e. The molecule has 1 aliphatic heterocycles. The lowest BCUT2D eigenvalue weighted by Crippen LogP contribution is -2.61. The quantitative estimate of drug-likeness (QED) is 0.437. The molecule has 8 nitrogen and oxygen atoms in total. The van der Waals surface area contributed by atoms with E-state index in [0.717, 1.165) is 23.6 Å². The average Bonchev–Trinajstić information content (AvgIpc) is 2.87. The molecule has 196 valence electrons. The molecular weight excluding hydrogens is 450 g/mol. The third kappa shape index (κ3) is 5.81. The summed E-state index contributed by atoms with van der Waals surface area (Å²) >= 11 is 0. The SMILES string of the molecule is CCC(C)CCN1CC[C@]23CCCC[C@H]2[C@H]1Cc1ccc(OC)cc13.O=C(O)C(O)C(O)C(=O)O. The molecule has 0 aromatic heterocycles. The number of ether oxygens (including phenoxy) is 1. The summed E-state index contributed by atoms with van der Waals surface area (Å²) in [5.74, 6) is -0.760. The van der Waals surface area contributed by atoms with Gasteiger partial charge in [-0.25, -0.2) is 9.59 Å². The van der Waals surface area contributed by atoms with Crippen LogP contribution in [0.4, 0.5) is 0 Å². The number of rotatable bonds is 8. The summed E-state index contributed by atoms with van der Waals surface area (Å²) in [6.07, 6.45) is 6.43. The Labute approximate surface area is 207 Å². The Morgan fingerprint density at radius 3 is 2.43 bits per heavy atom. The van der Waals surface area contributed by atoms with E-state index in [1.807, 2.05) is 0 Å². The highest BCUT2D eigenvalue weighted by Gasteiger charge is 2.53. The van der Waals surface area contributed by atoms with Gasteiger partial charge in [0.1, 0.15) is 5.75 Å². The van der Waals surface area contributed by atoms with Crippen molar-refractivity contribution >= 4 is 11.9 Å². The maximum absolute atomic E-state index is 9.77. The van der Waals surface area contributed by atoms with Gasteiger partial charge in [0.05, 0.1) is 7.11 Å². The minimum Gasteiger partial charge on any atom is -0.497 e. The second kappa shape index (κ2) is 11.7. The minimum absolute atomic E-state index is 0.442. The second-order valence-corrected chi connectivity index (χ2v) is 10.5. The van der Waals surface area contributed by atoms with Gasteiger partial charge in [-0.3, -0.25) is 4.90 Å². The van der Waals surface area contributed by atoms with E-state index in [2.05, 4.69) is 36.9 Å². The monoisotopic (exact) mass is 491 g/mol. The fourth-order valence-electron chi connectivity index (χ4n) is 6.33. The number of methoxy groups -OCH3 is 1. The number of aliphatic hydroxyl groups excluding tert-OH is 2. The van der Waals surface area contributed by atoms with Crippen LogP contribution in [0, 0.1) is 11.8 Å². The number of piperidine rings is 1. The van der Waals surface area contributed by atoms with E-state index in [-0.39, 0.29) is 0 Å². The van der Waals surface area contributed by atoms with Crippen LogP contribution in [0.15, 0.2) is 18.2 Å². The number of hydrogen-bond donors (Lipinski definition) is 4. The van der Waals surface area contributed by atoms with Gasteiger partial charge < -0.3 is 25.2 Å². The summed E-state index contributed by atoms with van der Waals surface area (Å²) in [5.41, 5.74) is 3.70. The maximum atomic E-state index is 9.77. The molecule has 1 saturated carbocycles. The summed E-state index contributed by atoms with van der Waals surface area (Å²) in [5, 5.41) is 32.5. The molecular formula is C27H41NO7. The van der Waals surface area contributed by atoms with E-state index in [0.29, 0.717) is 5.41 Å². The second-order valence-electron chi connectivity index (χ2n) is 10.5. The zero-order chi connectivity index (χ0) is 25.8. The van der Waals surface area contributed by atoms with Gasteiger partial charge >= 0.3 is 11.9 Å². The number of likely N-dealkylation sites (tertiary alicyclic amines) is 1. The Balaban J connectivity index is 0.000000292. The van der Waals surface area contributed by atoms with Gasteiger partial charge in [-0.1, -0.05) is 39.2 Å². The van der Waals surface area contributed by atoms with Crippen molar-refractivity contribution in [2.24, 2.45) is 11.8 Å². The van der Waals surface area contributed by atoms with E-state index < -0.39 is 24.1 Å². The zero-order valence-electron chi connectivity index (χ0n) is 21.2. The predicted octanol–water partition coefficient (Wildman–Crippen LogP) is 3.07. The summed E-state index contributed by atoms with van der Waals surface area (Å²) in [6.45, 7) is 7.35. The van der Waals surface area contributed by atoms with Gasteiger partial charge in [0.25, 0.3) is 0 Å². The normalized spacial score (nSPS) is 27.8. The molecule has 1 saturated heterocycles. The first kappa shape index (κ1) is 27.4. The van der Waals surface area contributed by atoms with E-state index in [1.54, 1.807) is 18.2 Å². The van der Waals surface area contributed by atoms with Gasteiger partial charge in [-0.2, -0.15) is 0 Å². The van der Waals surface area contributed by atoms with E-state index in [9.17, 15) is 9.59 Å². The number of hydrogen-bond acceptors (Lipinski definition) is 6. The molecule has 2 aliphatic carbocycles. The summed E-state index contributed by atoms with van der Waals surface area (Å²) < 4.78 is 5.58. The number of carbonyl (C=O) groups is 2. The van der Waals surface area contributed by atoms with Gasteiger partial charge in [0.15, 0.2) is 12.2 Å². The Morgan fingerprint density at radius 1 is 1.14 bits per heavy atom. The van der Waals surface area contributed by atoms with Crippen LogP contribution < -0.4 is 4.74 Å². The van der Waals surface area contributed by atoms with Crippen molar-refractivity contribution in [3.8, 4) is 5.75 Å². The highest BCUT2D eigenvalue weighted by Crippen LogP contribution is 2.56. The molecule has 0 spiro atoms. The van der Waals surface area contributed by atoms with Crippen LogP contribution in [0.25, 0.3) is 0 Å². The van der Waals surface area contributed by atoms with Crippen LogP contribution in [-0.2, 0) is 21.4 Å². The van der Waals surface area contributed by atoms with Gasteiger partial charge in [0, 0.05) is 11.5 Å². The van der Waals surface area contributed by atoms with Gasteiger partial charge in [-0.05, 0) is 80.3 Å². The van der Waals surface area contributed by atoms with E-state index in [4.69, 9.17) is 25.2 Å². The third-order valence-electron chi connectivity index (χ3n) is 8.57. The Bertz CT molecular complexity index is 872. The number of nitrogens with zero attached hydrogens (tertiary/aromatic N) is 1. The van der Waals surface area contributed by atoms with Crippen molar-refractivity contribution in [3.63, 3.8) is 0 Å². The summed E-state index contributed by atoms with van der Waals surface area (Å²) in [6, 6.07) is 7.71. The van der Waals surface area contributed by atoms with E-state index >= 15 is 0 Å². The predicted molar refractivity (Wildman–Crippen MR) is 132 cm³/mol. The van der Waals surface area contributed by atoms with Crippen molar-refractivity contribution in [1.29, 1.82) is 0 Å². The first-order valence-corrected chi connectivity index (χ1v) is 12.9. The lowest BCUT2D eigenvalue weighted by molar-refractivity contribution is -0.165. The molecule has 6 atom stereocenters. The van der Waals surface area contributed by atoms with Crippen LogP contribution in [0.2, 0.25) is 0 Å². The Hall–Kier alpha value is -2.16. The fourth-order valence-corrected chi connectivity index (χ4v) is 6.33. The number of aliphatic carboxylic acids is 2. The standard InChI is InChI=1S/C23H35NO.C4H6O6/c1-4-17(2)10-13-24-14-12-23-11-6-5-7-20(23)22(24)15-18-8-9-19(25-3)16-21(18)23;5-1(3(7)8)2(6)4(9)10/h8-9,16-17,20,22H,4-7,10-15H2,1-3H3;1-2,5-6H,(H,7,8)(H,9,10)/t17?,20-,22+,23+;/m0./s1. The highest BCUT2D eigenvalue weighted by molar-refractivity contribution is 5.83. The van der Waals surface area contributed by atoms with Crippen LogP contribution in [-0.4, -0.2) is 75.7 Å². The molecule has 4 N–H and O–H groups in total. The number of carboxylic acids is 2. The molecule has 8 heteroatoms. The lowest BCUT2D eigenvalue weighted by Gasteiger charge is -2.59. The van der Waals surface area contributed by atoms with Crippen molar-refractivity contribution in [2.45, 2.75) is 88.9 Å². The number of carboxylic acid groups (broad SMARTS) is 2. The van der Waals surface area contributed by atoms with Crippen molar-refractivity contribution in [2.75, 3.05) is 20.2 Å². The van der Waals surface area contributed by atoms with Gasteiger partial charge in [0.2, 0.25) is 0 Å². The fraction of sp³-hybridized carbons (Fsp3) is 0.704. The van der Waals surface area contributed by atoms with Crippen molar-refractivity contribution in [3.05, 3.63) is 29.3 Å². The van der Waals surface area contributed by atoms with Crippen LogP contribution in [0.1, 0.15) is 69.9 Å². The molecule has 0 amide bonds. The molecule has 2 bridgehead atoms. The first-order chi connectivity index (χ1) is 16.6. The highest BCUT2D eigenvalue weighted by atomic mass is 16.5. The van der Waals surface area contributed by atoms with Crippen LogP contribution in [0.5, 0.6) is 5.75 Å². The van der Waals surface area contributed by atoms with Crippen molar-refractivity contribution in [1.82, 2.24) is 4.90 Å². The number of fused-ring (bicyclic) bond motifs is 1. The number of aliphatic hydroxyl groups is 2. The average molecular weight is 492 g/mol. The molecule has 0 radical (unpaired) electrons. The maximum Gasteiger partial charge on any atom is 0.335 e. The molecule has 3 unspecified atom stereocenters. The molecule has 1 aromatic rings. The van der Waals surface area contributed by atoms with Crippen molar-refractivity contribution < 1.29 is 34.8 Å². The molecule has 2 fully saturated rings. The molecule has 35 heavy (non-hydrogen) atoms. The zero-order valence-corrected chi connectivity index (χ0v) is 21.2.